The van der Waals surface area contributed by atoms with Gasteiger partial charge in [-0.1, -0.05) is 0 Å². The van der Waals surface area contributed by atoms with Crippen LogP contribution in [0, 0.1) is 0 Å². The van der Waals surface area contributed by atoms with Crippen molar-refractivity contribution in [1.29, 1.82) is 0 Å². The minimum absolute atomic E-state index is 0.000841. The zero-order valence-electron chi connectivity index (χ0n) is 11.5. The SMILES string of the molecule is CCN1C(=O)C[C@H](Nc2ccc3c(c2)NC(=O)CO3)C1=O. The van der Waals surface area contributed by atoms with Crippen molar-refractivity contribution in [3.05, 3.63) is 18.2 Å². The molecule has 0 aromatic heterocycles. The van der Waals surface area contributed by atoms with Crippen LogP contribution in [-0.2, 0) is 14.4 Å². The van der Waals surface area contributed by atoms with Crippen molar-refractivity contribution in [2.24, 2.45) is 0 Å². The second kappa shape index (κ2) is 5.08. The summed E-state index contributed by atoms with van der Waals surface area (Å²) in [5.41, 5.74) is 1.21. The van der Waals surface area contributed by atoms with Gasteiger partial charge in [-0.2, -0.15) is 0 Å². The number of benzene rings is 1. The molecule has 21 heavy (non-hydrogen) atoms. The van der Waals surface area contributed by atoms with Gasteiger partial charge in [0.05, 0.1) is 12.1 Å². The van der Waals surface area contributed by atoms with E-state index >= 15 is 0 Å². The zero-order chi connectivity index (χ0) is 15.0. The fourth-order valence-corrected chi connectivity index (χ4v) is 2.50. The fraction of sp³-hybridized carbons (Fsp3) is 0.357. The lowest BCUT2D eigenvalue weighted by Gasteiger charge is -2.20. The number of carbonyl (C=O) groups excluding carboxylic acids is 3. The molecule has 3 rings (SSSR count). The molecule has 0 radical (unpaired) electrons. The first-order chi connectivity index (χ1) is 10.1. The van der Waals surface area contributed by atoms with Gasteiger partial charge in [-0.3, -0.25) is 19.3 Å². The Morgan fingerprint density at radius 2 is 2.19 bits per heavy atom. The van der Waals surface area contributed by atoms with Gasteiger partial charge >= 0.3 is 0 Å². The number of hydrogen-bond acceptors (Lipinski definition) is 5. The van der Waals surface area contributed by atoms with Gasteiger partial charge in [-0.25, -0.2) is 0 Å². The quantitative estimate of drug-likeness (QED) is 0.795. The highest BCUT2D eigenvalue weighted by Gasteiger charge is 2.37. The van der Waals surface area contributed by atoms with Crippen molar-refractivity contribution in [1.82, 2.24) is 4.90 Å². The van der Waals surface area contributed by atoms with Crippen molar-refractivity contribution in [3.8, 4) is 5.75 Å². The number of fused-ring (bicyclic) bond motifs is 1. The van der Waals surface area contributed by atoms with Crippen LogP contribution in [0.5, 0.6) is 5.75 Å². The van der Waals surface area contributed by atoms with Gasteiger partial charge in [0.15, 0.2) is 6.61 Å². The van der Waals surface area contributed by atoms with Gasteiger partial charge in [0.1, 0.15) is 11.8 Å². The van der Waals surface area contributed by atoms with Crippen LogP contribution in [-0.4, -0.2) is 41.8 Å². The summed E-state index contributed by atoms with van der Waals surface area (Å²) >= 11 is 0. The first-order valence-electron chi connectivity index (χ1n) is 6.76. The van der Waals surface area contributed by atoms with E-state index in [1.807, 2.05) is 0 Å². The third-order valence-corrected chi connectivity index (χ3v) is 3.51. The minimum atomic E-state index is -0.560. The molecular weight excluding hydrogens is 274 g/mol. The highest BCUT2D eigenvalue weighted by Crippen LogP contribution is 2.31. The molecule has 0 bridgehead atoms. The smallest absolute Gasteiger partial charge is 0.262 e. The Morgan fingerprint density at radius 1 is 1.38 bits per heavy atom. The molecule has 0 spiro atoms. The zero-order valence-corrected chi connectivity index (χ0v) is 11.5. The number of nitrogens with zero attached hydrogens (tertiary/aromatic N) is 1. The molecule has 1 atom stereocenters. The van der Waals surface area contributed by atoms with Gasteiger partial charge in [-0.15, -0.1) is 0 Å². The molecule has 110 valence electrons. The van der Waals surface area contributed by atoms with Crippen molar-refractivity contribution in [3.63, 3.8) is 0 Å². The summed E-state index contributed by atoms with van der Waals surface area (Å²) in [5.74, 6) is -0.0248. The lowest BCUT2D eigenvalue weighted by molar-refractivity contribution is -0.138. The molecule has 7 heteroatoms. The number of hydrogen-bond donors (Lipinski definition) is 2. The van der Waals surface area contributed by atoms with Gasteiger partial charge in [0.2, 0.25) is 5.91 Å². The molecule has 2 aliphatic heterocycles. The number of carbonyl (C=O) groups is 3. The molecule has 2 aliphatic rings. The minimum Gasteiger partial charge on any atom is -0.482 e. The second-order valence-electron chi connectivity index (χ2n) is 4.93. The predicted molar refractivity (Wildman–Crippen MR) is 75.0 cm³/mol. The Hall–Kier alpha value is -2.57. The van der Waals surface area contributed by atoms with Gasteiger partial charge in [0, 0.05) is 12.2 Å². The Bertz CT molecular complexity index is 629. The van der Waals surface area contributed by atoms with Gasteiger partial charge < -0.3 is 15.4 Å². The summed E-state index contributed by atoms with van der Waals surface area (Å²) in [6.07, 6.45) is 0.145. The van der Waals surface area contributed by atoms with E-state index in [0.29, 0.717) is 23.7 Å². The monoisotopic (exact) mass is 289 g/mol. The largest absolute Gasteiger partial charge is 0.482 e. The number of amides is 3. The molecule has 2 heterocycles. The van der Waals surface area contributed by atoms with E-state index in [9.17, 15) is 14.4 Å². The number of likely N-dealkylation sites (tertiary alicyclic amines) is 1. The molecule has 3 amide bonds. The maximum Gasteiger partial charge on any atom is 0.262 e. The van der Waals surface area contributed by atoms with Crippen LogP contribution in [0.3, 0.4) is 0 Å². The highest BCUT2D eigenvalue weighted by atomic mass is 16.5. The lowest BCUT2D eigenvalue weighted by atomic mass is 10.2. The molecule has 0 aliphatic carbocycles. The molecule has 7 nitrogen and oxygen atoms in total. The standard InChI is InChI=1S/C14H15N3O4/c1-2-17-13(19)6-10(14(17)20)15-8-3-4-11-9(5-8)16-12(18)7-21-11/h3-5,10,15H,2,6-7H2,1H3,(H,16,18)/t10-/m0/s1. The number of likely N-dealkylation sites (N-methyl/N-ethyl adjacent to an activating group) is 1. The fourth-order valence-electron chi connectivity index (χ4n) is 2.50. The Balaban J connectivity index is 1.77. The topological polar surface area (TPSA) is 87.7 Å². The summed E-state index contributed by atoms with van der Waals surface area (Å²) in [6.45, 7) is 2.15. The Morgan fingerprint density at radius 3 is 2.90 bits per heavy atom. The summed E-state index contributed by atoms with van der Waals surface area (Å²) in [7, 11) is 0. The first kappa shape index (κ1) is 13.4. The van der Waals surface area contributed by atoms with Gasteiger partial charge in [0.25, 0.3) is 11.8 Å². The summed E-state index contributed by atoms with van der Waals surface area (Å²) in [5, 5.41) is 5.73. The van der Waals surface area contributed by atoms with Crippen molar-refractivity contribution in [2.75, 3.05) is 23.8 Å². The number of rotatable bonds is 3. The summed E-state index contributed by atoms with van der Waals surface area (Å²) < 4.78 is 5.26. The van der Waals surface area contributed by atoms with E-state index in [1.165, 1.54) is 4.90 Å². The number of nitrogens with one attached hydrogen (secondary N) is 2. The molecule has 1 saturated heterocycles. The maximum absolute atomic E-state index is 12.0. The third kappa shape index (κ3) is 2.42. The number of anilines is 2. The number of ether oxygens (including phenoxy) is 1. The molecule has 0 unspecified atom stereocenters. The van der Waals surface area contributed by atoms with Crippen LogP contribution in [0.1, 0.15) is 13.3 Å². The Kier molecular flexibility index (Phi) is 3.25. The highest BCUT2D eigenvalue weighted by molar-refractivity contribution is 6.07. The average molecular weight is 289 g/mol. The van der Waals surface area contributed by atoms with Crippen LogP contribution < -0.4 is 15.4 Å². The van der Waals surface area contributed by atoms with E-state index < -0.39 is 6.04 Å². The molecule has 0 saturated carbocycles. The summed E-state index contributed by atoms with van der Waals surface area (Å²) in [6, 6.07) is 4.60. The van der Waals surface area contributed by atoms with Crippen LogP contribution in [0.15, 0.2) is 18.2 Å². The van der Waals surface area contributed by atoms with E-state index in [-0.39, 0.29) is 30.7 Å². The Labute approximate surface area is 121 Å². The third-order valence-electron chi connectivity index (χ3n) is 3.51. The van der Waals surface area contributed by atoms with Crippen molar-refractivity contribution in [2.45, 2.75) is 19.4 Å². The molecule has 1 fully saturated rings. The normalized spacial score (nSPS) is 20.9. The van der Waals surface area contributed by atoms with E-state index in [4.69, 9.17) is 4.74 Å². The van der Waals surface area contributed by atoms with E-state index in [0.717, 1.165) is 0 Å². The lowest BCUT2D eigenvalue weighted by Crippen LogP contribution is -2.34. The average Bonchev–Trinajstić information content (AvgIpc) is 2.72. The van der Waals surface area contributed by atoms with E-state index in [2.05, 4.69) is 10.6 Å². The number of imide groups is 1. The maximum atomic E-state index is 12.0. The predicted octanol–water partition coefficient (Wildman–Crippen LogP) is 0.577. The molecule has 2 N–H and O–H groups in total. The van der Waals surface area contributed by atoms with E-state index in [1.54, 1.807) is 25.1 Å². The van der Waals surface area contributed by atoms with Gasteiger partial charge in [-0.05, 0) is 25.1 Å². The van der Waals surface area contributed by atoms with Crippen LogP contribution in [0.2, 0.25) is 0 Å². The van der Waals surface area contributed by atoms with Crippen LogP contribution in [0.4, 0.5) is 11.4 Å². The first-order valence-corrected chi connectivity index (χ1v) is 6.76. The van der Waals surface area contributed by atoms with Crippen molar-refractivity contribution < 1.29 is 19.1 Å². The second-order valence-corrected chi connectivity index (χ2v) is 4.93. The summed E-state index contributed by atoms with van der Waals surface area (Å²) in [4.78, 5) is 36.3. The van der Waals surface area contributed by atoms with Crippen molar-refractivity contribution >= 4 is 29.1 Å². The molecule has 1 aromatic rings. The van der Waals surface area contributed by atoms with Crippen LogP contribution in [0.25, 0.3) is 0 Å². The molecule has 1 aromatic carbocycles. The van der Waals surface area contributed by atoms with Crippen LogP contribution >= 0.6 is 0 Å². The molecular formula is C14H15N3O4.